The molecule has 0 aliphatic carbocycles. The number of benzene rings is 3. The van der Waals surface area contributed by atoms with Crippen molar-refractivity contribution >= 4 is 29.2 Å². The third-order valence-corrected chi connectivity index (χ3v) is 5.11. The Kier molecular flexibility index (Phi) is 4.84. The van der Waals surface area contributed by atoms with Crippen molar-refractivity contribution in [1.29, 1.82) is 0 Å². The van der Waals surface area contributed by atoms with Crippen molar-refractivity contribution < 1.29 is 9.18 Å². The van der Waals surface area contributed by atoms with Gasteiger partial charge in [-0.15, -0.1) is 0 Å². The van der Waals surface area contributed by atoms with Gasteiger partial charge < -0.3 is 0 Å². The van der Waals surface area contributed by atoms with Gasteiger partial charge in [0.15, 0.2) is 5.84 Å². The summed E-state index contributed by atoms with van der Waals surface area (Å²) in [5.41, 5.74) is 4.46. The molecule has 0 spiro atoms. The Balaban J connectivity index is 1.57. The van der Waals surface area contributed by atoms with Gasteiger partial charge >= 0.3 is 0 Å². The highest BCUT2D eigenvalue weighted by molar-refractivity contribution is 6.48. The van der Waals surface area contributed by atoms with E-state index in [9.17, 15) is 9.18 Å². The number of halogens is 1. The maximum Gasteiger partial charge on any atom is 0.282 e. The first-order valence-corrected chi connectivity index (χ1v) is 9.96. The second-order valence-corrected chi connectivity index (χ2v) is 7.29. The molecule has 4 nitrogen and oxygen atoms in total. The molecule has 2 heterocycles. The molecule has 0 radical (unpaired) electrons. The Morgan fingerprint density at radius 3 is 2.23 bits per heavy atom. The zero-order chi connectivity index (χ0) is 21.2. The minimum absolute atomic E-state index is 0.229. The largest absolute Gasteiger partial charge is 0.282 e. The predicted octanol–water partition coefficient (Wildman–Crippen LogP) is 5.10. The molecule has 3 aromatic rings. The fraction of sp³-hybridized carbons (Fsp3) is 0.0385. The maximum atomic E-state index is 13.2. The van der Waals surface area contributed by atoms with Gasteiger partial charge in [-0.25, -0.2) is 14.4 Å². The first-order valence-electron chi connectivity index (χ1n) is 9.96. The zero-order valence-corrected chi connectivity index (χ0v) is 16.6. The van der Waals surface area contributed by atoms with E-state index in [2.05, 4.69) is 4.99 Å². The molecular weight excluding hydrogens is 389 g/mol. The van der Waals surface area contributed by atoms with Crippen molar-refractivity contribution in [2.24, 2.45) is 9.98 Å². The average molecular weight is 407 g/mol. The molecule has 0 bridgehead atoms. The van der Waals surface area contributed by atoms with Crippen LogP contribution in [0.5, 0.6) is 0 Å². The van der Waals surface area contributed by atoms with Crippen molar-refractivity contribution in [3.63, 3.8) is 0 Å². The van der Waals surface area contributed by atoms with Gasteiger partial charge in [-0.1, -0.05) is 72.8 Å². The van der Waals surface area contributed by atoms with Crippen LogP contribution in [-0.4, -0.2) is 22.4 Å². The Morgan fingerprint density at radius 2 is 1.52 bits per heavy atom. The molecule has 0 aromatic heterocycles. The number of hydrogen-bond donors (Lipinski definition) is 0. The van der Waals surface area contributed by atoms with E-state index in [1.54, 1.807) is 29.3 Å². The Hall–Kier alpha value is -4.12. The van der Waals surface area contributed by atoms with Crippen LogP contribution in [-0.2, 0) is 11.2 Å². The molecule has 0 atom stereocenters. The lowest BCUT2D eigenvalue weighted by Gasteiger charge is -2.21. The van der Waals surface area contributed by atoms with E-state index in [1.165, 1.54) is 12.1 Å². The molecule has 2 aliphatic heterocycles. The predicted molar refractivity (Wildman–Crippen MR) is 121 cm³/mol. The van der Waals surface area contributed by atoms with E-state index in [4.69, 9.17) is 4.99 Å². The molecule has 0 N–H and O–H groups in total. The van der Waals surface area contributed by atoms with Crippen molar-refractivity contribution in [2.45, 2.75) is 6.42 Å². The molecule has 0 saturated carbocycles. The van der Waals surface area contributed by atoms with E-state index in [1.807, 2.05) is 60.7 Å². The number of fused-ring (bicyclic) bond motifs is 1. The van der Waals surface area contributed by atoms with Gasteiger partial charge in [0.05, 0.1) is 11.4 Å². The van der Waals surface area contributed by atoms with Gasteiger partial charge in [-0.2, -0.15) is 0 Å². The molecule has 0 saturated heterocycles. The molecule has 0 unspecified atom stereocenters. The highest BCUT2D eigenvalue weighted by Gasteiger charge is 2.35. The summed E-state index contributed by atoms with van der Waals surface area (Å²) >= 11 is 0. The number of hydrogen-bond acceptors (Lipinski definition) is 3. The molecule has 5 heteroatoms. The second kappa shape index (κ2) is 7.95. The van der Waals surface area contributed by atoms with Crippen molar-refractivity contribution in [2.75, 3.05) is 0 Å². The molecular formula is C26H18FN3O. The molecule has 150 valence electrons. The maximum absolute atomic E-state index is 13.2. The van der Waals surface area contributed by atoms with Gasteiger partial charge in [-0.05, 0) is 29.3 Å². The summed E-state index contributed by atoms with van der Waals surface area (Å²) in [5, 5.41) is 0. The van der Waals surface area contributed by atoms with E-state index in [0.717, 1.165) is 16.8 Å². The average Bonchev–Trinajstić information content (AvgIpc) is 3.12. The number of carbonyl (C=O) groups is 1. The van der Waals surface area contributed by atoms with E-state index in [0.29, 0.717) is 29.2 Å². The summed E-state index contributed by atoms with van der Waals surface area (Å²) in [7, 11) is 0. The van der Waals surface area contributed by atoms with Crippen LogP contribution in [0, 0.1) is 5.82 Å². The van der Waals surface area contributed by atoms with Gasteiger partial charge in [0.2, 0.25) is 0 Å². The van der Waals surface area contributed by atoms with Crippen LogP contribution in [0.15, 0.2) is 107 Å². The fourth-order valence-electron chi connectivity index (χ4n) is 3.57. The zero-order valence-electron chi connectivity index (χ0n) is 16.6. The van der Waals surface area contributed by atoms with Crippen molar-refractivity contribution in [1.82, 2.24) is 4.90 Å². The number of carbonyl (C=O) groups excluding carboxylic acids is 1. The van der Waals surface area contributed by atoms with Crippen molar-refractivity contribution in [3.8, 4) is 0 Å². The summed E-state index contributed by atoms with van der Waals surface area (Å²) in [6, 6.07) is 25.7. The summed E-state index contributed by atoms with van der Waals surface area (Å²) in [4.78, 5) is 24.2. The third-order valence-electron chi connectivity index (χ3n) is 5.11. The molecule has 2 aliphatic rings. The highest BCUT2D eigenvalue weighted by atomic mass is 19.1. The van der Waals surface area contributed by atoms with Gasteiger partial charge in [0.1, 0.15) is 11.5 Å². The third kappa shape index (κ3) is 3.85. The lowest BCUT2D eigenvalue weighted by atomic mass is 10.1. The molecule has 1 amide bonds. The number of nitrogens with zero attached hydrogens (tertiary/aromatic N) is 3. The summed E-state index contributed by atoms with van der Waals surface area (Å²) in [5.74, 6) is -0.0218. The van der Waals surface area contributed by atoms with Crippen molar-refractivity contribution in [3.05, 3.63) is 119 Å². The topological polar surface area (TPSA) is 45.0 Å². The van der Waals surface area contributed by atoms with Crippen LogP contribution in [0.2, 0.25) is 0 Å². The lowest BCUT2D eigenvalue weighted by molar-refractivity contribution is -0.120. The Labute approximate surface area is 179 Å². The number of rotatable bonds is 4. The fourth-order valence-corrected chi connectivity index (χ4v) is 3.57. The Morgan fingerprint density at radius 1 is 0.839 bits per heavy atom. The standard InChI is InChI=1S/C26H18FN3O/c27-21-13-11-19(12-14-21)16-23-26(31)30-17-24(20-9-5-2-6-10-20)28-22(25(30)29-23)15-18-7-3-1-4-8-18/h1-14,16-17H,15H2. The smallest absolute Gasteiger partial charge is 0.266 e. The van der Waals surface area contributed by atoms with Crippen LogP contribution in [0.1, 0.15) is 16.7 Å². The minimum atomic E-state index is -0.323. The lowest BCUT2D eigenvalue weighted by Crippen LogP contribution is -2.36. The monoisotopic (exact) mass is 407 g/mol. The molecule has 3 aromatic carbocycles. The molecule has 31 heavy (non-hydrogen) atoms. The van der Waals surface area contributed by atoms with E-state index in [-0.39, 0.29) is 11.7 Å². The Bertz CT molecular complexity index is 1260. The SMILES string of the molecule is O=C1C(=Cc2ccc(F)cc2)N=C2C(Cc3ccccc3)=NC(c3ccccc3)=CN12. The van der Waals surface area contributed by atoms with Gasteiger partial charge in [0, 0.05) is 18.2 Å². The van der Waals surface area contributed by atoms with Crippen LogP contribution in [0.4, 0.5) is 4.39 Å². The summed E-state index contributed by atoms with van der Waals surface area (Å²) < 4.78 is 13.2. The number of amides is 1. The number of amidine groups is 1. The first kappa shape index (κ1) is 18.9. The van der Waals surface area contributed by atoms with E-state index < -0.39 is 0 Å². The van der Waals surface area contributed by atoms with Crippen LogP contribution >= 0.6 is 0 Å². The summed E-state index contributed by atoms with van der Waals surface area (Å²) in [6.45, 7) is 0. The molecule has 5 rings (SSSR count). The first-order chi connectivity index (χ1) is 15.2. The van der Waals surface area contributed by atoms with Crippen LogP contribution in [0.25, 0.3) is 11.8 Å². The van der Waals surface area contributed by atoms with Gasteiger partial charge in [-0.3, -0.25) is 9.69 Å². The number of aliphatic imine (C=N–C) groups is 2. The highest BCUT2D eigenvalue weighted by Crippen LogP contribution is 2.28. The van der Waals surface area contributed by atoms with Crippen LogP contribution < -0.4 is 0 Å². The summed E-state index contributed by atoms with van der Waals surface area (Å²) in [6.07, 6.45) is 3.96. The molecule has 0 fully saturated rings. The second-order valence-electron chi connectivity index (χ2n) is 7.29. The van der Waals surface area contributed by atoms with Crippen LogP contribution in [0.3, 0.4) is 0 Å². The normalized spacial score (nSPS) is 16.7. The minimum Gasteiger partial charge on any atom is -0.266 e. The quantitative estimate of drug-likeness (QED) is 0.555. The van der Waals surface area contributed by atoms with E-state index >= 15 is 0 Å². The van der Waals surface area contributed by atoms with Gasteiger partial charge in [0.25, 0.3) is 5.91 Å².